The van der Waals surface area contributed by atoms with Crippen molar-refractivity contribution in [3.63, 3.8) is 0 Å². The molecule has 0 bridgehead atoms. The lowest BCUT2D eigenvalue weighted by Gasteiger charge is -2.13. The van der Waals surface area contributed by atoms with E-state index < -0.39 is 0 Å². The molecule has 7 heteroatoms. The van der Waals surface area contributed by atoms with Crippen LogP contribution < -0.4 is 15.8 Å². The van der Waals surface area contributed by atoms with Crippen molar-refractivity contribution in [1.29, 1.82) is 0 Å². The highest BCUT2D eigenvalue weighted by Crippen LogP contribution is 2.17. The molecule has 1 amide bonds. The van der Waals surface area contributed by atoms with Crippen molar-refractivity contribution >= 4 is 23.5 Å². The summed E-state index contributed by atoms with van der Waals surface area (Å²) in [6.07, 6.45) is 3.17. The maximum atomic E-state index is 11.8. The second-order valence-electron chi connectivity index (χ2n) is 4.50. The van der Waals surface area contributed by atoms with Crippen molar-refractivity contribution in [1.82, 2.24) is 9.97 Å². The quantitative estimate of drug-likeness (QED) is 0.719. The Morgan fingerprint density at radius 1 is 1.50 bits per heavy atom. The largest absolute Gasteiger partial charge is 0.481 e. The zero-order chi connectivity index (χ0) is 15.0. The molecular formula is C13H21ClN4O2. The number of ether oxygens (including phenoxy) is 1. The molecule has 0 aromatic carbocycles. The van der Waals surface area contributed by atoms with E-state index in [1.165, 1.54) is 13.2 Å². The number of hydrogen-bond acceptors (Lipinski definition) is 5. The van der Waals surface area contributed by atoms with Crippen LogP contribution in [0, 0.1) is 5.92 Å². The Bertz CT molecular complexity index is 442. The number of nitrogens with one attached hydrogen (secondary N) is 1. The molecule has 0 saturated carbocycles. The maximum absolute atomic E-state index is 11.8. The van der Waals surface area contributed by atoms with Crippen LogP contribution in [0.5, 0.6) is 5.88 Å². The van der Waals surface area contributed by atoms with Crippen molar-refractivity contribution in [3.05, 3.63) is 11.2 Å². The van der Waals surface area contributed by atoms with Crippen LogP contribution in [0.4, 0.5) is 5.95 Å². The van der Waals surface area contributed by atoms with Crippen LogP contribution in [0.1, 0.15) is 32.6 Å². The van der Waals surface area contributed by atoms with E-state index in [4.69, 9.17) is 22.1 Å². The second kappa shape index (κ2) is 8.71. The topological polar surface area (TPSA) is 90.1 Å². The number of hydrogen-bond donors (Lipinski definition) is 2. The average molecular weight is 301 g/mol. The number of methoxy groups -OCH3 is 1. The van der Waals surface area contributed by atoms with Gasteiger partial charge in [0.25, 0.3) is 0 Å². The van der Waals surface area contributed by atoms with Crippen molar-refractivity contribution in [2.24, 2.45) is 11.7 Å². The number of rotatable bonds is 8. The predicted octanol–water partition coefficient (Wildman–Crippen LogP) is 2.23. The van der Waals surface area contributed by atoms with Crippen molar-refractivity contribution < 1.29 is 9.53 Å². The summed E-state index contributed by atoms with van der Waals surface area (Å²) in [4.78, 5) is 19.8. The maximum Gasteiger partial charge on any atom is 0.234 e. The van der Waals surface area contributed by atoms with Gasteiger partial charge in [0, 0.05) is 12.5 Å². The highest BCUT2D eigenvalue weighted by Gasteiger charge is 2.11. The average Bonchev–Trinajstić information content (AvgIpc) is 2.42. The number of anilines is 1. The summed E-state index contributed by atoms with van der Waals surface area (Å²) in [5.41, 5.74) is 5.53. The van der Waals surface area contributed by atoms with Crippen LogP contribution in [0.25, 0.3) is 0 Å². The van der Waals surface area contributed by atoms with Crippen LogP contribution in [0.15, 0.2) is 6.07 Å². The first kappa shape index (κ1) is 16.7. The van der Waals surface area contributed by atoms with Gasteiger partial charge < -0.3 is 10.5 Å². The zero-order valence-electron chi connectivity index (χ0n) is 11.9. The third-order valence-electron chi connectivity index (χ3n) is 3.06. The molecule has 20 heavy (non-hydrogen) atoms. The highest BCUT2D eigenvalue weighted by molar-refractivity contribution is 6.29. The molecule has 1 heterocycles. The fraction of sp³-hybridized carbons (Fsp3) is 0.615. The summed E-state index contributed by atoms with van der Waals surface area (Å²) in [6.45, 7) is 2.75. The van der Waals surface area contributed by atoms with Gasteiger partial charge in [-0.05, 0) is 25.3 Å². The van der Waals surface area contributed by atoms with Gasteiger partial charge in [-0.15, -0.1) is 0 Å². The number of carbonyl (C=O) groups is 1. The van der Waals surface area contributed by atoms with Gasteiger partial charge in [0.05, 0.1) is 7.11 Å². The first-order valence-corrected chi connectivity index (χ1v) is 7.05. The summed E-state index contributed by atoms with van der Waals surface area (Å²) in [6, 6.07) is 1.48. The van der Waals surface area contributed by atoms with Crippen LogP contribution in [-0.4, -0.2) is 29.5 Å². The smallest absolute Gasteiger partial charge is 0.234 e. The van der Waals surface area contributed by atoms with Crippen molar-refractivity contribution in [3.8, 4) is 5.88 Å². The van der Waals surface area contributed by atoms with Gasteiger partial charge in [-0.2, -0.15) is 4.98 Å². The predicted molar refractivity (Wildman–Crippen MR) is 78.9 cm³/mol. The first-order valence-electron chi connectivity index (χ1n) is 6.67. The lowest BCUT2D eigenvalue weighted by Crippen LogP contribution is -2.16. The van der Waals surface area contributed by atoms with Crippen LogP contribution in [-0.2, 0) is 4.79 Å². The monoisotopic (exact) mass is 300 g/mol. The Kier molecular flexibility index (Phi) is 7.25. The van der Waals surface area contributed by atoms with E-state index in [9.17, 15) is 4.79 Å². The molecule has 1 aromatic rings. The molecule has 0 saturated heterocycles. The molecule has 0 aliphatic carbocycles. The molecule has 112 valence electrons. The van der Waals surface area contributed by atoms with Crippen molar-refractivity contribution in [2.45, 2.75) is 32.6 Å². The lowest BCUT2D eigenvalue weighted by atomic mass is 9.96. The summed E-state index contributed by atoms with van der Waals surface area (Å²) in [7, 11) is 1.48. The van der Waals surface area contributed by atoms with Crippen LogP contribution in [0.2, 0.25) is 5.15 Å². The van der Waals surface area contributed by atoms with Gasteiger partial charge in [-0.1, -0.05) is 24.9 Å². The summed E-state index contributed by atoms with van der Waals surface area (Å²) in [5, 5.41) is 2.85. The molecule has 6 nitrogen and oxygen atoms in total. The molecule has 1 atom stereocenters. The Balaban J connectivity index is 2.51. The Morgan fingerprint density at radius 2 is 2.25 bits per heavy atom. The standard InChI is InChI=1S/C13H21ClN4O2/c1-3-9(6-7-15)4-5-11(19)17-13-16-10(14)8-12(18-13)20-2/h8-9H,3-7,15H2,1-2H3,(H,16,17,18,19). The molecule has 0 spiro atoms. The fourth-order valence-electron chi connectivity index (χ4n) is 1.87. The summed E-state index contributed by atoms with van der Waals surface area (Å²) < 4.78 is 4.96. The molecule has 0 aliphatic heterocycles. The Morgan fingerprint density at radius 3 is 2.85 bits per heavy atom. The molecule has 0 fully saturated rings. The first-order chi connectivity index (χ1) is 9.58. The number of carbonyl (C=O) groups excluding carboxylic acids is 1. The SMILES string of the molecule is CCC(CCN)CCC(=O)Nc1nc(Cl)cc(OC)n1. The number of aromatic nitrogens is 2. The van der Waals surface area contributed by atoms with Crippen molar-refractivity contribution in [2.75, 3.05) is 19.0 Å². The van der Waals surface area contributed by atoms with Crippen LogP contribution in [0.3, 0.4) is 0 Å². The molecule has 1 aromatic heterocycles. The van der Waals surface area contributed by atoms with Gasteiger partial charge in [-0.3, -0.25) is 10.1 Å². The van der Waals surface area contributed by atoms with Gasteiger partial charge in [-0.25, -0.2) is 4.98 Å². The normalized spacial score (nSPS) is 12.0. The number of amides is 1. The minimum absolute atomic E-state index is 0.134. The van der Waals surface area contributed by atoms with Gasteiger partial charge in [0.1, 0.15) is 5.15 Å². The van der Waals surface area contributed by atoms with E-state index in [1.54, 1.807) is 0 Å². The van der Waals surface area contributed by atoms with Gasteiger partial charge >= 0.3 is 0 Å². The molecular weight excluding hydrogens is 280 g/mol. The molecule has 0 radical (unpaired) electrons. The van der Waals surface area contributed by atoms with E-state index in [2.05, 4.69) is 22.2 Å². The van der Waals surface area contributed by atoms with E-state index in [-0.39, 0.29) is 17.0 Å². The molecule has 1 rings (SSSR count). The van der Waals surface area contributed by atoms with Crippen LogP contribution >= 0.6 is 11.6 Å². The summed E-state index contributed by atoms with van der Waals surface area (Å²) in [5.74, 6) is 0.812. The third-order valence-corrected chi connectivity index (χ3v) is 3.26. The van der Waals surface area contributed by atoms with E-state index >= 15 is 0 Å². The Hall–Kier alpha value is -1.40. The van der Waals surface area contributed by atoms with Gasteiger partial charge in [0.2, 0.25) is 17.7 Å². The van der Waals surface area contributed by atoms with E-state index in [0.29, 0.717) is 24.8 Å². The minimum atomic E-state index is -0.134. The van der Waals surface area contributed by atoms with E-state index in [0.717, 1.165) is 19.3 Å². The fourth-order valence-corrected chi connectivity index (χ4v) is 2.04. The number of nitrogens with two attached hydrogens (primary N) is 1. The molecule has 1 unspecified atom stereocenters. The number of nitrogens with zero attached hydrogens (tertiary/aromatic N) is 2. The van der Waals surface area contributed by atoms with E-state index in [1.807, 2.05) is 0 Å². The lowest BCUT2D eigenvalue weighted by molar-refractivity contribution is -0.116. The van der Waals surface area contributed by atoms with Gasteiger partial charge in [0.15, 0.2) is 0 Å². The Labute approximate surface area is 124 Å². The minimum Gasteiger partial charge on any atom is -0.481 e. The molecule has 3 N–H and O–H groups in total. The number of halogens is 1. The zero-order valence-corrected chi connectivity index (χ0v) is 12.6. The second-order valence-corrected chi connectivity index (χ2v) is 4.88. The highest BCUT2D eigenvalue weighted by atomic mass is 35.5. The molecule has 0 aliphatic rings. The summed E-state index contributed by atoms with van der Waals surface area (Å²) >= 11 is 5.81. The third kappa shape index (κ3) is 5.71.